The number of amidine groups is 1. The van der Waals surface area contributed by atoms with Gasteiger partial charge in [-0.2, -0.15) is 0 Å². The van der Waals surface area contributed by atoms with Crippen LogP contribution in [-0.2, 0) is 6.54 Å². The lowest BCUT2D eigenvalue weighted by Gasteiger charge is -2.16. The lowest BCUT2D eigenvalue weighted by atomic mass is 10.1. The zero-order chi connectivity index (χ0) is 17.0. The highest BCUT2D eigenvalue weighted by molar-refractivity contribution is 7.71. The van der Waals surface area contributed by atoms with Crippen LogP contribution < -0.4 is 20.8 Å². The molecule has 4 N–H and O–H groups in total. The zero-order valence-corrected chi connectivity index (χ0v) is 13.7. The lowest BCUT2D eigenvalue weighted by Crippen LogP contribution is -2.19. The number of benzene rings is 1. The first-order valence-electron chi connectivity index (χ1n) is 6.85. The highest BCUT2D eigenvalue weighted by atomic mass is 32.1. The van der Waals surface area contributed by atoms with E-state index in [4.69, 9.17) is 32.8 Å². The van der Waals surface area contributed by atoms with Crippen molar-refractivity contribution in [1.29, 1.82) is 5.41 Å². The Labute approximate surface area is 138 Å². The van der Waals surface area contributed by atoms with Crippen LogP contribution in [0.5, 0.6) is 11.5 Å². The quantitative estimate of drug-likeness (QED) is 0.425. The van der Waals surface area contributed by atoms with Gasteiger partial charge >= 0.3 is 0 Å². The van der Waals surface area contributed by atoms with Crippen LogP contribution in [0, 0.1) is 10.2 Å². The summed E-state index contributed by atoms with van der Waals surface area (Å²) >= 11 is 5.24. The summed E-state index contributed by atoms with van der Waals surface area (Å²) in [5.74, 6) is 1.25. The summed E-state index contributed by atoms with van der Waals surface area (Å²) in [6.45, 7) is 0.384. The first-order chi connectivity index (χ1) is 11.0. The zero-order valence-electron chi connectivity index (χ0n) is 12.9. The number of ether oxygens (including phenoxy) is 2. The number of aromatic amines is 1. The highest BCUT2D eigenvalue weighted by Gasteiger charge is 2.13. The molecule has 2 rings (SSSR count). The number of nitrogens with two attached hydrogens (primary N) is 1. The second-order valence-electron chi connectivity index (χ2n) is 4.82. The predicted octanol–water partition coefficient (Wildman–Crippen LogP) is 1.92. The molecule has 0 unspecified atom stereocenters. The molecule has 23 heavy (non-hydrogen) atoms. The Morgan fingerprint density at radius 1 is 1.35 bits per heavy atom. The molecule has 0 aliphatic heterocycles. The van der Waals surface area contributed by atoms with E-state index < -0.39 is 0 Å². The van der Waals surface area contributed by atoms with Crippen molar-refractivity contribution >= 4 is 18.1 Å². The van der Waals surface area contributed by atoms with Gasteiger partial charge in [0.2, 0.25) is 0 Å². The van der Waals surface area contributed by atoms with Gasteiger partial charge in [0, 0.05) is 30.7 Å². The molecule has 0 saturated carbocycles. The summed E-state index contributed by atoms with van der Waals surface area (Å²) in [5.41, 5.74) is 6.42. The molecule has 0 amide bonds. The summed E-state index contributed by atoms with van der Waals surface area (Å²) < 4.78 is 12.6. The fraction of sp³-hybridized carbons (Fsp3) is 0.267. The van der Waals surface area contributed by atoms with E-state index >= 15 is 0 Å². The van der Waals surface area contributed by atoms with Crippen LogP contribution in [0.15, 0.2) is 29.1 Å². The van der Waals surface area contributed by atoms with Crippen molar-refractivity contribution in [1.82, 2.24) is 9.55 Å². The molecule has 0 spiro atoms. The van der Waals surface area contributed by atoms with Crippen LogP contribution in [0.3, 0.4) is 0 Å². The van der Waals surface area contributed by atoms with E-state index in [-0.39, 0.29) is 16.2 Å². The van der Waals surface area contributed by atoms with E-state index in [9.17, 15) is 4.79 Å². The minimum atomic E-state index is -0.304. The molecule has 0 atom stereocenters. The SMILES string of the molecule is COc1ccc(-c2cc(=O)[nH]c(=S)n2CCC(=N)N)c(OC)c1. The first-order valence-corrected chi connectivity index (χ1v) is 7.26. The van der Waals surface area contributed by atoms with Gasteiger partial charge in [-0.1, -0.05) is 0 Å². The van der Waals surface area contributed by atoms with Crippen LogP contribution in [-0.4, -0.2) is 29.6 Å². The molecule has 0 bridgehead atoms. The van der Waals surface area contributed by atoms with Crippen LogP contribution in [0.25, 0.3) is 11.3 Å². The van der Waals surface area contributed by atoms with E-state index in [0.717, 1.165) is 0 Å². The molecule has 2 aromatic rings. The van der Waals surface area contributed by atoms with Crippen LogP contribution >= 0.6 is 12.2 Å². The Kier molecular flexibility index (Phi) is 5.17. The van der Waals surface area contributed by atoms with E-state index in [2.05, 4.69) is 4.98 Å². The third kappa shape index (κ3) is 3.78. The molecule has 7 nitrogen and oxygen atoms in total. The standard InChI is InChI=1S/C15H18N4O3S/c1-21-9-3-4-10(12(7-9)22-2)11-8-14(20)18-15(23)19(11)6-5-13(16)17/h3-4,7-8H,5-6H2,1-2H3,(H3,16,17)(H,18,20,23). The Hall–Kier alpha value is -2.61. The van der Waals surface area contributed by atoms with Gasteiger partial charge in [0.1, 0.15) is 11.5 Å². The van der Waals surface area contributed by atoms with Gasteiger partial charge in [-0.15, -0.1) is 0 Å². The van der Waals surface area contributed by atoms with Crippen molar-refractivity contribution < 1.29 is 9.47 Å². The summed E-state index contributed by atoms with van der Waals surface area (Å²) in [6, 6.07) is 6.75. The number of hydrogen-bond acceptors (Lipinski definition) is 5. The van der Waals surface area contributed by atoms with E-state index in [1.54, 1.807) is 37.0 Å². The lowest BCUT2D eigenvalue weighted by molar-refractivity contribution is 0.395. The predicted molar refractivity (Wildman–Crippen MR) is 91.0 cm³/mol. The molecule has 0 radical (unpaired) electrons. The molecular formula is C15H18N4O3S. The second kappa shape index (κ2) is 7.10. The number of H-pyrrole nitrogens is 1. The molecule has 122 valence electrons. The van der Waals surface area contributed by atoms with Gasteiger partial charge in [0.05, 0.1) is 25.7 Å². The van der Waals surface area contributed by atoms with Crippen molar-refractivity contribution in [3.63, 3.8) is 0 Å². The Balaban J connectivity index is 2.64. The van der Waals surface area contributed by atoms with Crippen LogP contribution in [0.2, 0.25) is 0 Å². The molecule has 8 heteroatoms. The van der Waals surface area contributed by atoms with Crippen molar-refractivity contribution in [3.8, 4) is 22.8 Å². The minimum absolute atomic E-state index is 0.0470. The maximum atomic E-state index is 11.8. The monoisotopic (exact) mass is 334 g/mol. The molecule has 0 fully saturated rings. The van der Waals surface area contributed by atoms with Gasteiger partial charge in [0.15, 0.2) is 4.77 Å². The van der Waals surface area contributed by atoms with Gasteiger partial charge in [0.25, 0.3) is 5.56 Å². The molecule has 1 aromatic carbocycles. The average molecular weight is 334 g/mol. The smallest absolute Gasteiger partial charge is 0.252 e. The van der Waals surface area contributed by atoms with E-state index in [0.29, 0.717) is 35.7 Å². The summed E-state index contributed by atoms with van der Waals surface area (Å²) in [6.07, 6.45) is 0.325. The third-order valence-corrected chi connectivity index (χ3v) is 3.65. The van der Waals surface area contributed by atoms with Gasteiger partial charge < -0.3 is 19.8 Å². The number of hydrogen-bond donors (Lipinski definition) is 3. The molecule has 0 aliphatic rings. The van der Waals surface area contributed by atoms with Gasteiger partial charge in [-0.25, -0.2) is 0 Å². The Bertz CT molecular complexity index is 841. The topological polar surface area (TPSA) is 106 Å². The highest BCUT2D eigenvalue weighted by Crippen LogP contribution is 2.32. The minimum Gasteiger partial charge on any atom is -0.497 e. The normalized spacial score (nSPS) is 10.3. The number of aromatic nitrogens is 2. The van der Waals surface area contributed by atoms with Crippen LogP contribution in [0.4, 0.5) is 0 Å². The molecule has 1 heterocycles. The fourth-order valence-corrected chi connectivity index (χ4v) is 2.50. The maximum absolute atomic E-state index is 11.8. The van der Waals surface area contributed by atoms with Crippen molar-refractivity contribution in [2.75, 3.05) is 14.2 Å². The summed E-state index contributed by atoms with van der Waals surface area (Å²) in [5, 5.41) is 7.38. The second-order valence-corrected chi connectivity index (χ2v) is 5.20. The number of rotatable bonds is 6. The molecule has 0 aliphatic carbocycles. The van der Waals surface area contributed by atoms with Gasteiger partial charge in [-0.05, 0) is 24.4 Å². The first kappa shape index (κ1) is 16.8. The number of nitrogens with zero attached hydrogens (tertiary/aromatic N) is 1. The van der Waals surface area contributed by atoms with Crippen LogP contribution in [0.1, 0.15) is 6.42 Å². The van der Waals surface area contributed by atoms with Crippen molar-refractivity contribution in [2.45, 2.75) is 13.0 Å². The fourth-order valence-electron chi connectivity index (χ4n) is 2.21. The largest absolute Gasteiger partial charge is 0.497 e. The Morgan fingerprint density at radius 3 is 2.70 bits per heavy atom. The van der Waals surface area contributed by atoms with E-state index in [1.165, 1.54) is 6.07 Å². The molecular weight excluding hydrogens is 316 g/mol. The Morgan fingerprint density at radius 2 is 2.09 bits per heavy atom. The average Bonchev–Trinajstić information content (AvgIpc) is 2.52. The van der Waals surface area contributed by atoms with Gasteiger partial charge in [-0.3, -0.25) is 15.2 Å². The van der Waals surface area contributed by atoms with E-state index in [1.807, 2.05) is 0 Å². The summed E-state index contributed by atoms with van der Waals surface area (Å²) in [7, 11) is 3.11. The van der Waals surface area contributed by atoms with Crippen molar-refractivity contribution in [3.05, 3.63) is 39.4 Å². The maximum Gasteiger partial charge on any atom is 0.252 e. The third-order valence-electron chi connectivity index (χ3n) is 3.32. The molecule has 0 saturated heterocycles. The van der Waals surface area contributed by atoms with Crippen molar-refractivity contribution in [2.24, 2.45) is 5.73 Å². The summed E-state index contributed by atoms with van der Waals surface area (Å²) in [4.78, 5) is 14.4. The number of nitrogens with one attached hydrogen (secondary N) is 2. The number of methoxy groups -OCH3 is 2. The molecule has 1 aromatic heterocycles.